The van der Waals surface area contributed by atoms with Gasteiger partial charge in [-0.15, -0.1) is 11.3 Å². The Balaban J connectivity index is 1.72. The van der Waals surface area contributed by atoms with E-state index in [9.17, 15) is 17.6 Å². The number of halogens is 2. The van der Waals surface area contributed by atoms with Gasteiger partial charge in [0.1, 0.15) is 5.82 Å². The Labute approximate surface area is 173 Å². The fourth-order valence-electron chi connectivity index (χ4n) is 3.35. The lowest BCUT2D eigenvalue weighted by Crippen LogP contribution is -2.46. The number of carbonyl (C=O) groups excluding carboxylic acids is 1. The highest BCUT2D eigenvalue weighted by Gasteiger charge is 2.34. The third-order valence-corrected chi connectivity index (χ3v) is 7.95. The standard InChI is InChI=1S/C19H22ClFN2O3S2/c1-2-22(13-16-7-10-18(20)27-16)19(24)14-4-3-11-23(12-14)28(25,26)17-8-5-15(21)6-9-17/h5-10,14H,2-4,11-13H2,1H3/t14-/m1/s1. The van der Waals surface area contributed by atoms with Crippen LogP contribution in [0.4, 0.5) is 4.39 Å². The average molecular weight is 445 g/mol. The molecule has 1 aliphatic heterocycles. The largest absolute Gasteiger partial charge is 0.338 e. The Kier molecular flexibility index (Phi) is 6.75. The minimum atomic E-state index is -3.75. The SMILES string of the molecule is CCN(Cc1ccc(Cl)s1)C(=O)[C@@H]1CCCN(S(=O)(=O)c2ccc(F)cc2)C1. The van der Waals surface area contributed by atoms with Crippen LogP contribution in [-0.4, -0.2) is 43.2 Å². The molecule has 1 saturated heterocycles. The molecule has 2 aromatic rings. The molecule has 0 bridgehead atoms. The van der Waals surface area contributed by atoms with Gasteiger partial charge in [0, 0.05) is 24.5 Å². The van der Waals surface area contributed by atoms with Gasteiger partial charge in [0.15, 0.2) is 0 Å². The molecule has 5 nitrogen and oxygen atoms in total. The van der Waals surface area contributed by atoms with E-state index in [0.717, 1.165) is 17.0 Å². The summed E-state index contributed by atoms with van der Waals surface area (Å²) in [6, 6.07) is 8.48. The molecule has 1 aromatic carbocycles. The Morgan fingerprint density at radius 2 is 2.00 bits per heavy atom. The van der Waals surface area contributed by atoms with Gasteiger partial charge in [0.05, 0.1) is 21.7 Å². The second-order valence-corrected chi connectivity index (χ2v) is 10.5. The van der Waals surface area contributed by atoms with E-state index in [-0.39, 0.29) is 23.3 Å². The van der Waals surface area contributed by atoms with Crippen molar-refractivity contribution in [3.8, 4) is 0 Å². The molecule has 1 fully saturated rings. The van der Waals surface area contributed by atoms with E-state index in [4.69, 9.17) is 11.6 Å². The molecule has 0 aliphatic carbocycles. The maximum absolute atomic E-state index is 13.1. The van der Waals surface area contributed by atoms with Crippen molar-refractivity contribution in [2.45, 2.75) is 31.2 Å². The first-order chi connectivity index (χ1) is 13.3. The summed E-state index contributed by atoms with van der Waals surface area (Å²) in [7, 11) is -3.75. The average Bonchev–Trinajstić information content (AvgIpc) is 3.11. The molecule has 0 radical (unpaired) electrons. The van der Waals surface area contributed by atoms with E-state index in [1.807, 2.05) is 13.0 Å². The quantitative estimate of drug-likeness (QED) is 0.676. The Bertz CT molecular complexity index is 931. The lowest BCUT2D eigenvalue weighted by molar-refractivity contribution is -0.137. The van der Waals surface area contributed by atoms with E-state index in [1.165, 1.54) is 27.8 Å². The van der Waals surface area contributed by atoms with Crippen molar-refractivity contribution in [3.63, 3.8) is 0 Å². The summed E-state index contributed by atoms with van der Waals surface area (Å²) in [6.45, 7) is 3.41. The zero-order valence-corrected chi connectivity index (χ0v) is 17.9. The highest BCUT2D eigenvalue weighted by atomic mass is 35.5. The van der Waals surface area contributed by atoms with Crippen molar-refractivity contribution in [3.05, 3.63) is 51.4 Å². The number of carbonyl (C=O) groups is 1. The maximum Gasteiger partial charge on any atom is 0.243 e. The summed E-state index contributed by atoms with van der Waals surface area (Å²) in [5.74, 6) is -0.927. The molecule has 1 aliphatic rings. The minimum Gasteiger partial charge on any atom is -0.338 e. The van der Waals surface area contributed by atoms with Crippen LogP contribution in [-0.2, 0) is 21.4 Å². The number of benzene rings is 1. The van der Waals surface area contributed by atoms with Gasteiger partial charge >= 0.3 is 0 Å². The fourth-order valence-corrected chi connectivity index (χ4v) is 5.97. The zero-order valence-electron chi connectivity index (χ0n) is 15.5. The van der Waals surface area contributed by atoms with Crippen molar-refractivity contribution in [1.82, 2.24) is 9.21 Å². The Morgan fingerprint density at radius 1 is 1.29 bits per heavy atom. The molecule has 0 spiro atoms. The van der Waals surface area contributed by atoms with Gasteiger partial charge < -0.3 is 4.90 Å². The van der Waals surface area contributed by atoms with Crippen LogP contribution >= 0.6 is 22.9 Å². The van der Waals surface area contributed by atoms with Crippen molar-refractivity contribution >= 4 is 38.9 Å². The fraction of sp³-hybridized carbons (Fsp3) is 0.421. The molecule has 152 valence electrons. The normalized spacial score (nSPS) is 18.2. The third kappa shape index (κ3) is 4.74. The van der Waals surface area contributed by atoms with Crippen LogP contribution in [0.3, 0.4) is 0 Å². The molecule has 0 unspecified atom stereocenters. The topological polar surface area (TPSA) is 57.7 Å². The summed E-state index contributed by atoms with van der Waals surface area (Å²) in [6.07, 6.45) is 1.26. The molecule has 1 atom stereocenters. The first-order valence-corrected chi connectivity index (χ1v) is 11.7. The molecule has 2 heterocycles. The number of thiophene rings is 1. The number of piperidine rings is 1. The van der Waals surface area contributed by atoms with Gasteiger partial charge in [-0.05, 0) is 56.2 Å². The summed E-state index contributed by atoms with van der Waals surface area (Å²) >= 11 is 7.40. The summed E-state index contributed by atoms with van der Waals surface area (Å²) in [5.41, 5.74) is 0. The number of amides is 1. The van der Waals surface area contributed by atoms with Gasteiger partial charge in [-0.3, -0.25) is 4.79 Å². The van der Waals surface area contributed by atoms with Crippen molar-refractivity contribution in [2.75, 3.05) is 19.6 Å². The molecule has 28 heavy (non-hydrogen) atoms. The summed E-state index contributed by atoms with van der Waals surface area (Å²) in [4.78, 5) is 15.8. The van der Waals surface area contributed by atoms with E-state index in [1.54, 1.807) is 11.0 Å². The van der Waals surface area contributed by atoms with Crippen LogP contribution in [0.1, 0.15) is 24.6 Å². The first kappa shape index (κ1) is 21.2. The summed E-state index contributed by atoms with van der Waals surface area (Å²) in [5, 5.41) is 0. The van der Waals surface area contributed by atoms with E-state index >= 15 is 0 Å². The second-order valence-electron chi connectivity index (χ2n) is 6.71. The highest BCUT2D eigenvalue weighted by molar-refractivity contribution is 7.89. The van der Waals surface area contributed by atoms with Crippen LogP contribution in [0.2, 0.25) is 4.34 Å². The van der Waals surface area contributed by atoms with Gasteiger partial charge in [-0.2, -0.15) is 4.31 Å². The number of nitrogens with zero attached hydrogens (tertiary/aromatic N) is 2. The van der Waals surface area contributed by atoms with Crippen molar-refractivity contribution < 1.29 is 17.6 Å². The predicted molar refractivity (Wildman–Crippen MR) is 108 cm³/mol. The van der Waals surface area contributed by atoms with Crippen LogP contribution in [0.15, 0.2) is 41.3 Å². The predicted octanol–water partition coefficient (Wildman–Crippen LogP) is 3.99. The highest BCUT2D eigenvalue weighted by Crippen LogP contribution is 2.27. The number of rotatable bonds is 6. The number of hydrogen-bond donors (Lipinski definition) is 0. The molecular formula is C19H22ClFN2O3S2. The smallest absolute Gasteiger partial charge is 0.243 e. The molecule has 9 heteroatoms. The first-order valence-electron chi connectivity index (χ1n) is 9.10. The molecule has 3 rings (SSSR count). The van der Waals surface area contributed by atoms with Crippen LogP contribution < -0.4 is 0 Å². The molecule has 1 aromatic heterocycles. The molecule has 0 saturated carbocycles. The summed E-state index contributed by atoms with van der Waals surface area (Å²) < 4.78 is 40.9. The third-order valence-electron chi connectivity index (χ3n) is 4.85. The minimum absolute atomic E-state index is 0.0441. The van der Waals surface area contributed by atoms with Gasteiger partial charge in [-0.1, -0.05) is 11.6 Å². The lowest BCUT2D eigenvalue weighted by atomic mass is 9.98. The lowest BCUT2D eigenvalue weighted by Gasteiger charge is -2.34. The number of hydrogen-bond acceptors (Lipinski definition) is 4. The number of sulfonamides is 1. The molecule has 1 amide bonds. The molecular weight excluding hydrogens is 423 g/mol. The molecule has 0 N–H and O–H groups in total. The zero-order chi connectivity index (χ0) is 20.3. The van der Waals surface area contributed by atoms with Gasteiger partial charge in [-0.25, -0.2) is 12.8 Å². The van der Waals surface area contributed by atoms with E-state index < -0.39 is 15.8 Å². The van der Waals surface area contributed by atoms with Gasteiger partial charge in [0.25, 0.3) is 0 Å². The van der Waals surface area contributed by atoms with Crippen LogP contribution in [0, 0.1) is 11.7 Å². The van der Waals surface area contributed by atoms with Crippen molar-refractivity contribution in [1.29, 1.82) is 0 Å². The van der Waals surface area contributed by atoms with Crippen LogP contribution in [0.5, 0.6) is 0 Å². The maximum atomic E-state index is 13.1. The van der Waals surface area contributed by atoms with Crippen molar-refractivity contribution in [2.24, 2.45) is 5.92 Å². The van der Waals surface area contributed by atoms with E-state index in [0.29, 0.717) is 36.8 Å². The van der Waals surface area contributed by atoms with E-state index in [2.05, 4.69) is 0 Å². The van der Waals surface area contributed by atoms with Gasteiger partial charge in [0.2, 0.25) is 15.9 Å². The van der Waals surface area contributed by atoms with Crippen LogP contribution in [0.25, 0.3) is 0 Å². The monoisotopic (exact) mass is 444 g/mol. The Morgan fingerprint density at radius 3 is 2.61 bits per heavy atom. The second kappa shape index (κ2) is 8.90. The Hall–Kier alpha value is -1.48.